The van der Waals surface area contributed by atoms with Crippen LogP contribution in [0.5, 0.6) is 0 Å². The first kappa shape index (κ1) is 14.3. The van der Waals surface area contributed by atoms with Crippen LogP contribution in [0.2, 0.25) is 0 Å². The summed E-state index contributed by atoms with van der Waals surface area (Å²) in [5.74, 6) is 0. The van der Waals surface area contributed by atoms with Gasteiger partial charge < -0.3 is 5.21 Å². The van der Waals surface area contributed by atoms with E-state index in [9.17, 15) is 13.6 Å². The molecule has 5 nitrogen and oxygen atoms in total. The number of anilines is 1. The normalized spacial score (nSPS) is 11.5. The van der Waals surface area contributed by atoms with Crippen LogP contribution in [-0.4, -0.2) is 8.42 Å². The Kier molecular flexibility index (Phi) is 3.46. The lowest BCUT2D eigenvalue weighted by molar-refractivity contribution is -0.583. The van der Waals surface area contributed by atoms with E-state index >= 15 is 0 Å². The minimum atomic E-state index is -3.74. The summed E-state index contributed by atoms with van der Waals surface area (Å²) in [5.41, 5.74) is 1.07. The Hall–Kier alpha value is -2.60. The van der Waals surface area contributed by atoms with Gasteiger partial charge in [-0.2, -0.15) is 4.73 Å². The highest BCUT2D eigenvalue weighted by molar-refractivity contribution is 7.92. The Labute approximate surface area is 128 Å². The van der Waals surface area contributed by atoms with E-state index in [1.807, 2.05) is 0 Å². The van der Waals surface area contributed by atoms with Crippen LogP contribution in [0.15, 0.2) is 65.6 Å². The molecule has 0 saturated carbocycles. The van der Waals surface area contributed by atoms with E-state index in [0.717, 1.165) is 4.73 Å². The van der Waals surface area contributed by atoms with Gasteiger partial charge in [0.2, 0.25) is 5.52 Å². The smallest absolute Gasteiger partial charge is 0.262 e. The Bertz CT molecular complexity index is 938. The third kappa shape index (κ3) is 2.48. The molecule has 1 aromatic heterocycles. The van der Waals surface area contributed by atoms with Crippen molar-refractivity contribution in [1.29, 1.82) is 0 Å². The second kappa shape index (κ2) is 5.31. The zero-order valence-corrected chi connectivity index (χ0v) is 12.7. The average Bonchev–Trinajstić information content (AvgIpc) is 2.52. The number of para-hydroxylation sites is 1. The average molecular weight is 314 g/mol. The summed E-state index contributed by atoms with van der Waals surface area (Å²) in [6.45, 7) is 1.68. The zero-order chi connectivity index (χ0) is 15.7. The van der Waals surface area contributed by atoms with Crippen LogP contribution in [0.4, 0.5) is 5.69 Å². The molecule has 0 amide bonds. The molecule has 0 spiro atoms. The number of aromatic nitrogens is 1. The fourth-order valence-electron chi connectivity index (χ4n) is 2.26. The number of sulfonamides is 1. The SMILES string of the molecule is Cc1ccc2cccc(NS(=O)(=O)c3ccccc3)c2[n+]1[O-]. The number of fused-ring (bicyclic) bond motifs is 1. The van der Waals surface area contributed by atoms with Gasteiger partial charge >= 0.3 is 0 Å². The summed E-state index contributed by atoms with van der Waals surface area (Å²) in [4.78, 5) is 0.150. The number of benzene rings is 2. The maximum atomic E-state index is 12.4. The van der Waals surface area contributed by atoms with Crippen molar-refractivity contribution in [3.8, 4) is 0 Å². The fourth-order valence-corrected chi connectivity index (χ4v) is 3.35. The maximum Gasteiger partial charge on any atom is 0.262 e. The fraction of sp³-hybridized carbons (Fsp3) is 0.0625. The molecular formula is C16H14N2O3S. The van der Waals surface area contributed by atoms with Crippen LogP contribution >= 0.6 is 0 Å². The molecular weight excluding hydrogens is 300 g/mol. The van der Waals surface area contributed by atoms with Gasteiger partial charge in [-0.3, -0.25) is 4.72 Å². The molecule has 1 heterocycles. The van der Waals surface area contributed by atoms with Crippen LogP contribution < -0.4 is 9.45 Å². The predicted octanol–water partition coefficient (Wildman–Crippen LogP) is 2.58. The first-order valence-electron chi connectivity index (χ1n) is 6.69. The van der Waals surface area contributed by atoms with Gasteiger partial charge in [0.1, 0.15) is 5.69 Å². The van der Waals surface area contributed by atoms with Gasteiger partial charge in [0.05, 0.1) is 4.90 Å². The van der Waals surface area contributed by atoms with E-state index in [1.54, 1.807) is 55.5 Å². The molecule has 2 aromatic carbocycles. The molecule has 22 heavy (non-hydrogen) atoms. The lowest BCUT2D eigenvalue weighted by Crippen LogP contribution is -2.32. The molecule has 0 fully saturated rings. The van der Waals surface area contributed by atoms with Crippen molar-refractivity contribution >= 4 is 26.6 Å². The number of hydrogen-bond donors (Lipinski definition) is 1. The van der Waals surface area contributed by atoms with Gasteiger partial charge in [-0.1, -0.05) is 24.3 Å². The molecule has 0 unspecified atom stereocenters. The highest BCUT2D eigenvalue weighted by atomic mass is 32.2. The van der Waals surface area contributed by atoms with E-state index in [2.05, 4.69) is 4.72 Å². The zero-order valence-electron chi connectivity index (χ0n) is 11.9. The summed E-state index contributed by atoms with van der Waals surface area (Å²) < 4.78 is 28.1. The summed E-state index contributed by atoms with van der Waals surface area (Å²) in [7, 11) is -3.74. The quantitative estimate of drug-likeness (QED) is 0.596. The van der Waals surface area contributed by atoms with E-state index in [-0.39, 0.29) is 10.6 Å². The number of rotatable bonds is 3. The second-order valence-corrected chi connectivity index (χ2v) is 6.61. The first-order chi connectivity index (χ1) is 10.5. The van der Waals surface area contributed by atoms with Crippen molar-refractivity contribution in [2.75, 3.05) is 4.72 Å². The minimum absolute atomic E-state index is 0.150. The van der Waals surface area contributed by atoms with Crippen LogP contribution in [0.1, 0.15) is 5.69 Å². The van der Waals surface area contributed by atoms with Gasteiger partial charge in [-0.05, 0) is 30.3 Å². The van der Waals surface area contributed by atoms with Crippen molar-refractivity contribution < 1.29 is 13.1 Å². The lowest BCUT2D eigenvalue weighted by atomic mass is 10.2. The predicted molar refractivity (Wildman–Crippen MR) is 84.9 cm³/mol. The third-order valence-electron chi connectivity index (χ3n) is 3.39. The standard InChI is InChI=1S/C16H14N2O3S/c1-12-10-11-13-6-5-9-15(16(13)18(12)19)17-22(20,21)14-7-3-2-4-8-14/h2-11,17H,1H3. The number of aryl methyl sites for hydroxylation is 1. The minimum Gasteiger partial charge on any atom is -0.618 e. The Morgan fingerprint density at radius 1 is 0.955 bits per heavy atom. The highest BCUT2D eigenvalue weighted by Gasteiger charge is 2.19. The van der Waals surface area contributed by atoms with Gasteiger partial charge in [0, 0.05) is 18.4 Å². The Morgan fingerprint density at radius 2 is 1.68 bits per heavy atom. The number of pyridine rings is 1. The van der Waals surface area contributed by atoms with E-state index in [4.69, 9.17) is 0 Å². The molecule has 0 radical (unpaired) electrons. The van der Waals surface area contributed by atoms with Crippen LogP contribution in [0.3, 0.4) is 0 Å². The lowest BCUT2D eigenvalue weighted by Gasteiger charge is -2.11. The highest BCUT2D eigenvalue weighted by Crippen LogP contribution is 2.23. The molecule has 1 N–H and O–H groups in total. The molecule has 0 aliphatic heterocycles. The Morgan fingerprint density at radius 3 is 2.41 bits per heavy atom. The second-order valence-electron chi connectivity index (χ2n) is 4.93. The summed E-state index contributed by atoms with van der Waals surface area (Å²) in [5, 5.41) is 12.9. The summed E-state index contributed by atoms with van der Waals surface area (Å²) in [6.07, 6.45) is 0. The van der Waals surface area contributed by atoms with Crippen molar-refractivity contribution in [2.45, 2.75) is 11.8 Å². The summed E-state index contributed by atoms with van der Waals surface area (Å²) >= 11 is 0. The molecule has 0 saturated heterocycles. The molecule has 0 bridgehead atoms. The van der Waals surface area contributed by atoms with E-state index in [1.165, 1.54) is 12.1 Å². The van der Waals surface area contributed by atoms with Crippen LogP contribution in [0, 0.1) is 12.1 Å². The van der Waals surface area contributed by atoms with Gasteiger partial charge in [-0.15, -0.1) is 0 Å². The van der Waals surface area contributed by atoms with Crippen molar-refractivity contribution in [3.05, 3.63) is 71.6 Å². The van der Waals surface area contributed by atoms with Gasteiger partial charge in [0.25, 0.3) is 10.0 Å². The van der Waals surface area contributed by atoms with Crippen molar-refractivity contribution in [3.63, 3.8) is 0 Å². The number of nitrogens with one attached hydrogen (secondary N) is 1. The number of hydrogen-bond acceptors (Lipinski definition) is 3. The molecule has 0 aliphatic carbocycles. The molecule has 3 aromatic rings. The van der Waals surface area contributed by atoms with E-state index in [0.29, 0.717) is 16.6 Å². The largest absolute Gasteiger partial charge is 0.618 e. The first-order valence-corrected chi connectivity index (χ1v) is 8.17. The van der Waals surface area contributed by atoms with Crippen molar-refractivity contribution in [1.82, 2.24) is 0 Å². The van der Waals surface area contributed by atoms with E-state index < -0.39 is 10.0 Å². The molecule has 0 atom stereocenters. The maximum absolute atomic E-state index is 12.4. The summed E-state index contributed by atoms with van der Waals surface area (Å²) in [6, 6.07) is 16.6. The Balaban J connectivity index is 2.14. The molecule has 0 aliphatic rings. The van der Waals surface area contributed by atoms with Crippen LogP contribution in [-0.2, 0) is 10.0 Å². The monoisotopic (exact) mass is 314 g/mol. The molecule has 6 heteroatoms. The third-order valence-corrected chi connectivity index (χ3v) is 4.77. The van der Waals surface area contributed by atoms with Crippen molar-refractivity contribution in [2.24, 2.45) is 0 Å². The van der Waals surface area contributed by atoms with Gasteiger partial charge in [-0.25, -0.2) is 8.42 Å². The van der Waals surface area contributed by atoms with Gasteiger partial charge in [0.15, 0.2) is 5.69 Å². The molecule has 112 valence electrons. The topological polar surface area (TPSA) is 73.1 Å². The number of nitrogens with zero attached hydrogens (tertiary/aromatic N) is 1. The van der Waals surface area contributed by atoms with Crippen LogP contribution in [0.25, 0.3) is 10.9 Å². The molecule has 3 rings (SSSR count).